The van der Waals surface area contributed by atoms with Crippen molar-refractivity contribution in [3.8, 4) is 0 Å². The lowest BCUT2D eigenvalue weighted by Crippen LogP contribution is -2.41. The number of hydrogen-bond acceptors (Lipinski definition) is 4. The van der Waals surface area contributed by atoms with Crippen LogP contribution in [-0.2, 0) is 11.3 Å². The molecule has 0 fully saturated rings. The quantitative estimate of drug-likeness (QED) is 0.602. The third-order valence-electron chi connectivity index (χ3n) is 4.36. The Labute approximate surface area is 173 Å². The monoisotopic (exact) mass is 415 g/mol. The van der Waals surface area contributed by atoms with E-state index in [9.17, 15) is 9.59 Å². The third kappa shape index (κ3) is 4.75. The smallest absolute Gasteiger partial charge is 0.258 e. The highest BCUT2D eigenvalue weighted by Gasteiger charge is 2.24. The highest BCUT2D eigenvalue weighted by atomic mass is 35.5. The second kappa shape index (κ2) is 8.80. The minimum absolute atomic E-state index is 0.00856. The van der Waals surface area contributed by atoms with Crippen LogP contribution in [0.5, 0.6) is 0 Å². The maximum absolute atomic E-state index is 13.1. The van der Waals surface area contributed by atoms with E-state index in [0.29, 0.717) is 21.7 Å². The molecule has 1 N–H and O–H groups in total. The summed E-state index contributed by atoms with van der Waals surface area (Å²) in [6.45, 7) is 6.04. The lowest BCUT2D eigenvalue weighted by Gasteiger charge is -2.29. The molecule has 1 amide bonds. The van der Waals surface area contributed by atoms with Crippen molar-refractivity contribution in [1.82, 2.24) is 14.9 Å². The van der Waals surface area contributed by atoms with Crippen molar-refractivity contribution >= 4 is 40.2 Å². The zero-order chi connectivity index (χ0) is 20.3. The van der Waals surface area contributed by atoms with Gasteiger partial charge in [-0.25, -0.2) is 4.98 Å². The SMILES string of the molecule is CC(Sc1ccc(Cl)cc1)C(=O)N(Cc1nc2ccccc2c(=O)[nH]1)C(C)C. The Morgan fingerprint density at radius 1 is 1.14 bits per heavy atom. The number of aromatic amines is 1. The number of para-hydroxylation sites is 1. The van der Waals surface area contributed by atoms with Crippen LogP contribution in [0.1, 0.15) is 26.6 Å². The summed E-state index contributed by atoms with van der Waals surface area (Å²) in [6, 6.07) is 14.6. The number of hydrogen-bond donors (Lipinski definition) is 1. The number of rotatable bonds is 6. The Morgan fingerprint density at radius 3 is 2.50 bits per heavy atom. The van der Waals surface area contributed by atoms with Crippen LogP contribution in [0.3, 0.4) is 0 Å². The molecule has 3 aromatic rings. The van der Waals surface area contributed by atoms with Gasteiger partial charge in [0.1, 0.15) is 5.82 Å². The van der Waals surface area contributed by atoms with Crippen LogP contribution in [0.15, 0.2) is 58.2 Å². The van der Waals surface area contributed by atoms with Crippen LogP contribution in [-0.4, -0.2) is 32.1 Å². The number of thioether (sulfide) groups is 1. The van der Waals surface area contributed by atoms with Crippen molar-refractivity contribution < 1.29 is 4.79 Å². The minimum Gasteiger partial charge on any atom is -0.332 e. The highest BCUT2D eigenvalue weighted by Crippen LogP contribution is 2.26. The number of carbonyl (C=O) groups excluding carboxylic acids is 1. The first-order valence-corrected chi connectivity index (χ1v) is 10.3. The lowest BCUT2D eigenvalue weighted by molar-refractivity contribution is -0.132. The molecule has 2 aromatic carbocycles. The first kappa shape index (κ1) is 20.4. The minimum atomic E-state index is -0.282. The Morgan fingerprint density at radius 2 is 1.82 bits per heavy atom. The zero-order valence-electron chi connectivity index (χ0n) is 16.0. The summed E-state index contributed by atoms with van der Waals surface area (Å²) in [5, 5.41) is 0.926. The van der Waals surface area contributed by atoms with Crippen molar-refractivity contribution in [1.29, 1.82) is 0 Å². The topological polar surface area (TPSA) is 66.1 Å². The van der Waals surface area contributed by atoms with Crippen LogP contribution in [0.25, 0.3) is 10.9 Å². The van der Waals surface area contributed by atoms with Gasteiger partial charge < -0.3 is 9.88 Å². The number of H-pyrrole nitrogens is 1. The summed E-state index contributed by atoms with van der Waals surface area (Å²) in [5.41, 5.74) is 0.432. The van der Waals surface area contributed by atoms with Crippen molar-refractivity contribution in [2.75, 3.05) is 0 Å². The number of benzene rings is 2. The average molecular weight is 416 g/mol. The fourth-order valence-electron chi connectivity index (χ4n) is 2.89. The summed E-state index contributed by atoms with van der Waals surface area (Å²) >= 11 is 7.41. The Bertz CT molecular complexity index is 1030. The predicted octanol–water partition coefficient (Wildman–Crippen LogP) is 4.49. The summed E-state index contributed by atoms with van der Waals surface area (Å²) in [4.78, 5) is 35.4. The molecule has 0 saturated carbocycles. The number of halogens is 1. The van der Waals surface area contributed by atoms with E-state index in [1.54, 1.807) is 23.1 Å². The number of nitrogens with zero attached hydrogens (tertiary/aromatic N) is 2. The second-order valence-corrected chi connectivity index (χ2v) is 8.65. The van der Waals surface area contributed by atoms with Crippen LogP contribution in [0.2, 0.25) is 5.02 Å². The van der Waals surface area contributed by atoms with E-state index in [1.807, 2.05) is 51.1 Å². The van der Waals surface area contributed by atoms with E-state index in [2.05, 4.69) is 9.97 Å². The molecule has 0 aliphatic heterocycles. The Kier molecular flexibility index (Phi) is 6.42. The van der Waals surface area contributed by atoms with E-state index in [4.69, 9.17) is 11.6 Å². The summed E-state index contributed by atoms with van der Waals surface area (Å²) in [6.07, 6.45) is 0. The van der Waals surface area contributed by atoms with Gasteiger partial charge in [0.2, 0.25) is 5.91 Å². The Hall–Kier alpha value is -2.31. The standard InChI is InChI=1S/C21H22ClN3O2S/c1-13(2)25(21(27)14(3)28-16-10-8-15(22)9-11-16)12-19-23-18-7-5-4-6-17(18)20(26)24-19/h4-11,13-14H,12H2,1-3H3,(H,23,24,26). The van der Waals surface area contributed by atoms with E-state index >= 15 is 0 Å². The second-order valence-electron chi connectivity index (χ2n) is 6.80. The Balaban J connectivity index is 1.80. The molecule has 3 rings (SSSR count). The fourth-order valence-corrected chi connectivity index (χ4v) is 3.95. The average Bonchev–Trinajstić information content (AvgIpc) is 2.67. The van der Waals surface area contributed by atoms with Gasteiger partial charge in [-0.2, -0.15) is 0 Å². The van der Waals surface area contributed by atoms with E-state index in [-0.39, 0.29) is 29.3 Å². The zero-order valence-corrected chi connectivity index (χ0v) is 17.6. The van der Waals surface area contributed by atoms with Gasteiger partial charge in [0.05, 0.1) is 22.7 Å². The van der Waals surface area contributed by atoms with Gasteiger partial charge in [0.15, 0.2) is 0 Å². The predicted molar refractivity (Wildman–Crippen MR) is 115 cm³/mol. The molecule has 1 aromatic heterocycles. The van der Waals surface area contributed by atoms with Gasteiger partial charge >= 0.3 is 0 Å². The molecule has 7 heteroatoms. The van der Waals surface area contributed by atoms with Crippen molar-refractivity contribution in [3.63, 3.8) is 0 Å². The van der Waals surface area contributed by atoms with Crippen molar-refractivity contribution in [2.45, 2.75) is 43.5 Å². The molecule has 0 saturated heterocycles. The largest absolute Gasteiger partial charge is 0.332 e. The van der Waals surface area contributed by atoms with Gasteiger partial charge in [0, 0.05) is 16.0 Å². The molecule has 0 radical (unpaired) electrons. The molecular weight excluding hydrogens is 394 g/mol. The molecule has 1 unspecified atom stereocenters. The number of aromatic nitrogens is 2. The number of carbonyl (C=O) groups is 1. The number of amides is 1. The summed E-state index contributed by atoms with van der Waals surface area (Å²) in [7, 11) is 0. The molecule has 0 aliphatic rings. The first-order chi connectivity index (χ1) is 13.3. The molecule has 28 heavy (non-hydrogen) atoms. The maximum Gasteiger partial charge on any atom is 0.258 e. The summed E-state index contributed by atoms with van der Waals surface area (Å²) < 4.78 is 0. The highest BCUT2D eigenvalue weighted by molar-refractivity contribution is 8.00. The maximum atomic E-state index is 13.1. The first-order valence-electron chi connectivity index (χ1n) is 9.06. The van der Waals surface area contributed by atoms with E-state index in [1.165, 1.54) is 11.8 Å². The molecule has 1 atom stereocenters. The fraction of sp³-hybridized carbons (Fsp3) is 0.286. The van der Waals surface area contributed by atoms with Gasteiger partial charge in [0.25, 0.3) is 5.56 Å². The van der Waals surface area contributed by atoms with Crippen LogP contribution in [0, 0.1) is 0 Å². The van der Waals surface area contributed by atoms with E-state index in [0.717, 1.165) is 4.90 Å². The number of fused-ring (bicyclic) bond motifs is 1. The third-order valence-corrected chi connectivity index (χ3v) is 5.71. The molecule has 146 valence electrons. The van der Waals surface area contributed by atoms with Crippen LogP contribution >= 0.6 is 23.4 Å². The normalized spacial score (nSPS) is 12.3. The van der Waals surface area contributed by atoms with Crippen LogP contribution < -0.4 is 5.56 Å². The van der Waals surface area contributed by atoms with Crippen molar-refractivity contribution in [3.05, 3.63) is 69.7 Å². The molecule has 5 nitrogen and oxygen atoms in total. The van der Waals surface area contributed by atoms with E-state index < -0.39 is 0 Å². The molecule has 0 bridgehead atoms. The van der Waals surface area contributed by atoms with Gasteiger partial charge in [-0.05, 0) is 57.2 Å². The molecule has 0 aliphatic carbocycles. The number of nitrogens with one attached hydrogen (secondary N) is 1. The summed E-state index contributed by atoms with van der Waals surface area (Å²) in [5.74, 6) is 0.472. The molecular formula is C21H22ClN3O2S. The van der Waals surface area contributed by atoms with Crippen molar-refractivity contribution in [2.24, 2.45) is 0 Å². The molecule has 1 heterocycles. The molecule has 0 spiro atoms. The lowest BCUT2D eigenvalue weighted by atomic mass is 10.2. The van der Waals surface area contributed by atoms with Gasteiger partial charge in [-0.15, -0.1) is 11.8 Å². The van der Waals surface area contributed by atoms with Crippen LogP contribution in [0.4, 0.5) is 0 Å². The van der Waals surface area contributed by atoms with Gasteiger partial charge in [-0.3, -0.25) is 9.59 Å². The van der Waals surface area contributed by atoms with Gasteiger partial charge in [-0.1, -0.05) is 23.7 Å².